The first-order valence-electron chi connectivity index (χ1n) is 5.97. The van der Waals surface area contributed by atoms with Crippen LogP contribution < -0.4 is 0 Å². The Morgan fingerprint density at radius 3 is 2.85 bits per heavy atom. The maximum absolute atomic E-state index is 11.8. The Hall–Kier alpha value is -2.63. The molecule has 1 atom stereocenters. The summed E-state index contributed by atoms with van der Waals surface area (Å²) < 4.78 is 4.77. The summed E-state index contributed by atoms with van der Waals surface area (Å²) in [5, 5.41) is 10.8. The maximum Gasteiger partial charge on any atom is 0.336 e. The number of esters is 1. The molecule has 0 saturated heterocycles. The SMILES string of the molecule is COC(=O)C1=CN(C)C=CC1c1cccc([N+](=O)[O-])c1. The largest absolute Gasteiger partial charge is 0.466 e. The van der Waals surface area contributed by atoms with Gasteiger partial charge in [0.1, 0.15) is 0 Å². The van der Waals surface area contributed by atoms with E-state index in [0.717, 1.165) is 0 Å². The first-order chi connectivity index (χ1) is 9.52. The number of ether oxygens (including phenoxy) is 1. The Bertz CT molecular complexity index is 607. The van der Waals surface area contributed by atoms with Gasteiger partial charge < -0.3 is 9.64 Å². The quantitative estimate of drug-likeness (QED) is 0.480. The second-order valence-electron chi connectivity index (χ2n) is 4.41. The van der Waals surface area contributed by atoms with E-state index < -0.39 is 10.9 Å². The lowest BCUT2D eigenvalue weighted by molar-refractivity contribution is -0.384. The van der Waals surface area contributed by atoms with Crippen molar-refractivity contribution >= 4 is 11.7 Å². The molecule has 1 aliphatic heterocycles. The number of nitro groups is 1. The normalized spacial score (nSPS) is 17.6. The average Bonchev–Trinajstić information content (AvgIpc) is 2.46. The second kappa shape index (κ2) is 5.56. The zero-order valence-electron chi connectivity index (χ0n) is 11.1. The van der Waals surface area contributed by atoms with E-state index in [0.29, 0.717) is 11.1 Å². The summed E-state index contributed by atoms with van der Waals surface area (Å²) in [6.07, 6.45) is 5.27. The van der Waals surface area contributed by atoms with Gasteiger partial charge in [0.2, 0.25) is 0 Å². The summed E-state index contributed by atoms with van der Waals surface area (Å²) in [5.74, 6) is -0.795. The lowest BCUT2D eigenvalue weighted by Gasteiger charge is -2.23. The first-order valence-corrected chi connectivity index (χ1v) is 5.97. The number of allylic oxidation sites excluding steroid dienone is 1. The van der Waals surface area contributed by atoms with E-state index in [-0.39, 0.29) is 11.6 Å². The maximum atomic E-state index is 11.8. The van der Waals surface area contributed by atoms with Gasteiger partial charge in [-0.15, -0.1) is 0 Å². The number of methoxy groups -OCH3 is 1. The van der Waals surface area contributed by atoms with Crippen molar-refractivity contribution in [2.45, 2.75) is 5.92 Å². The van der Waals surface area contributed by atoms with Gasteiger partial charge in [-0.2, -0.15) is 0 Å². The molecule has 6 heteroatoms. The van der Waals surface area contributed by atoms with Crippen molar-refractivity contribution in [1.29, 1.82) is 0 Å². The van der Waals surface area contributed by atoms with Gasteiger partial charge in [0.25, 0.3) is 5.69 Å². The van der Waals surface area contributed by atoms with Gasteiger partial charge in [-0.1, -0.05) is 18.2 Å². The van der Waals surface area contributed by atoms with Crippen LogP contribution in [0.25, 0.3) is 0 Å². The van der Waals surface area contributed by atoms with Crippen LogP contribution in [0.1, 0.15) is 11.5 Å². The minimum atomic E-state index is -0.455. The van der Waals surface area contributed by atoms with Crippen LogP contribution in [0, 0.1) is 10.1 Å². The summed E-state index contributed by atoms with van der Waals surface area (Å²) in [6.45, 7) is 0. The van der Waals surface area contributed by atoms with E-state index in [1.165, 1.54) is 19.2 Å². The lowest BCUT2D eigenvalue weighted by Crippen LogP contribution is -2.19. The molecule has 6 nitrogen and oxygen atoms in total. The first kappa shape index (κ1) is 13.8. The van der Waals surface area contributed by atoms with Crippen molar-refractivity contribution in [1.82, 2.24) is 4.90 Å². The van der Waals surface area contributed by atoms with Crippen molar-refractivity contribution in [2.75, 3.05) is 14.2 Å². The van der Waals surface area contributed by atoms with E-state index in [4.69, 9.17) is 4.74 Å². The topological polar surface area (TPSA) is 72.7 Å². The second-order valence-corrected chi connectivity index (χ2v) is 4.41. The standard InChI is InChI=1S/C14H14N2O4/c1-15-7-6-12(13(9-15)14(17)20-2)10-4-3-5-11(8-10)16(18)19/h3-9,12H,1-2H3. The highest BCUT2D eigenvalue weighted by Crippen LogP contribution is 2.31. The molecule has 2 rings (SSSR count). The molecule has 0 N–H and O–H groups in total. The predicted molar refractivity (Wildman–Crippen MR) is 72.8 cm³/mol. The highest BCUT2D eigenvalue weighted by Gasteiger charge is 2.25. The number of carbonyl (C=O) groups excluding carboxylic acids is 1. The molecule has 1 unspecified atom stereocenters. The third-order valence-corrected chi connectivity index (χ3v) is 3.05. The molecule has 20 heavy (non-hydrogen) atoms. The molecule has 0 bridgehead atoms. The van der Waals surface area contributed by atoms with E-state index in [9.17, 15) is 14.9 Å². The number of carbonyl (C=O) groups is 1. The summed E-state index contributed by atoms with van der Waals surface area (Å²) in [4.78, 5) is 23.9. The summed E-state index contributed by atoms with van der Waals surface area (Å²) in [6, 6.07) is 6.25. The third kappa shape index (κ3) is 2.69. The smallest absolute Gasteiger partial charge is 0.336 e. The number of hydrogen-bond acceptors (Lipinski definition) is 5. The highest BCUT2D eigenvalue weighted by molar-refractivity contribution is 5.91. The number of nitrogens with zero attached hydrogens (tertiary/aromatic N) is 2. The fourth-order valence-corrected chi connectivity index (χ4v) is 2.09. The molecule has 0 radical (unpaired) electrons. The van der Waals surface area contributed by atoms with Gasteiger partial charge in [0.15, 0.2) is 0 Å². The van der Waals surface area contributed by atoms with Crippen molar-refractivity contribution in [3.8, 4) is 0 Å². The van der Waals surface area contributed by atoms with E-state index >= 15 is 0 Å². The van der Waals surface area contributed by atoms with Gasteiger partial charge in [-0.25, -0.2) is 4.79 Å². The Kier molecular flexibility index (Phi) is 3.84. The number of benzene rings is 1. The molecule has 104 valence electrons. The number of rotatable bonds is 3. The monoisotopic (exact) mass is 274 g/mol. The zero-order chi connectivity index (χ0) is 14.7. The predicted octanol–water partition coefficient (Wildman–Crippen LogP) is 2.19. The van der Waals surface area contributed by atoms with E-state index in [1.807, 2.05) is 6.08 Å². The molecule has 0 amide bonds. The van der Waals surface area contributed by atoms with Crippen molar-refractivity contribution in [2.24, 2.45) is 0 Å². The number of non-ortho nitro benzene ring substituents is 1. The van der Waals surface area contributed by atoms with Crippen LogP contribution in [-0.2, 0) is 9.53 Å². The molecule has 0 fully saturated rings. The molecule has 0 saturated carbocycles. The number of nitro benzene ring substituents is 1. The van der Waals surface area contributed by atoms with Crippen molar-refractivity contribution in [3.63, 3.8) is 0 Å². The van der Waals surface area contributed by atoms with Crippen molar-refractivity contribution < 1.29 is 14.5 Å². The Morgan fingerprint density at radius 1 is 1.45 bits per heavy atom. The fraction of sp³-hybridized carbons (Fsp3) is 0.214. The average molecular weight is 274 g/mol. The summed E-state index contributed by atoms with van der Waals surface area (Å²) in [5.41, 5.74) is 1.12. The van der Waals surface area contributed by atoms with E-state index in [1.54, 1.807) is 36.5 Å². The summed E-state index contributed by atoms with van der Waals surface area (Å²) in [7, 11) is 3.11. The molecule has 1 aliphatic rings. The Balaban J connectivity index is 2.42. The van der Waals surface area contributed by atoms with Crippen LogP contribution in [0.5, 0.6) is 0 Å². The highest BCUT2D eigenvalue weighted by atomic mass is 16.6. The van der Waals surface area contributed by atoms with Gasteiger partial charge in [-0.3, -0.25) is 10.1 Å². The van der Waals surface area contributed by atoms with Crippen LogP contribution in [0.3, 0.4) is 0 Å². The molecule has 0 aromatic heterocycles. The van der Waals surface area contributed by atoms with Gasteiger partial charge >= 0.3 is 5.97 Å². The van der Waals surface area contributed by atoms with Gasteiger partial charge in [0.05, 0.1) is 17.6 Å². The third-order valence-electron chi connectivity index (χ3n) is 3.05. The van der Waals surface area contributed by atoms with Crippen molar-refractivity contribution in [3.05, 3.63) is 64.0 Å². The minimum absolute atomic E-state index is 0.000885. The molecule has 0 spiro atoms. The zero-order valence-corrected chi connectivity index (χ0v) is 11.1. The lowest BCUT2D eigenvalue weighted by atomic mass is 9.89. The van der Waals surface area contributed by atoms with Crippen LogP contribution in [-0.4, -0.2) is 29.9 Å². The van der Waals surface area contributed by atoms with Crippen LogP contribution in [0.2, 0.25) is 0 Å². The summed E-state index contributed by atoms with van der Waals surface area (Å²) >= 11 is 0. The van der Waals surface area contributed by atoms with Crippen LogP contribution in [0.4, 0.5) is 5.69 Å². The fourth-order valence-electron chi connectivity index (χ4n) is 2.09. The molecule has 0 aliphatic carbocycles. The molecule has 1 aromatic rings. The van der Waals surface area contributed by atoms with E-state index in [2.05, 4.69) is 0 Å². The molecule has 1 aromatic carbocycles. The van der Waals surface area contributed by atoms with Gasteiger partial charge in [-0.05, 0) is 5.56 Å². The molecular weight excluding hydrogens is 260 g/mol. The molecule has 1 heterocycles. The van der Waals surface area contributed by atoms with Crippen LogP contribution in [0.15, 0.2) is 48.3 Å². The Morgan fingerprint density at radius 2 is 2.20 bits per heavy atom. The molecular formula is C14H14N2O4. The Labute approximate surface area is 116 Å². The minimum Gasteiger partial charge on any atom is -0.466 e. The number of hydrogen-bond donors (Lipinski definition) is 0. The van der Waals surface area contributed by atoms with Crippen LogP contribution >= 0.6 is 0 Å². The van der Waals surface area contributed by atoms with Gasteiger partial charge in [0, 0.05) is 37.5 Å².